The van der Waals surface area contributed by atoms with Gasteiger partial charge in [0.1, 0.15) is 0 Å². The quantitative estimate of drug-likeness (QED) is 0.638. The summed E-state index contributed by atoms with van der Waals surface area (Å²) >= 11 is 0. The van der Waals surface area contributed by atoms with Gasteiger partial charge in [-0.1, -0.05) is 48.5 Å². The van der Waals surface area contributed by atoms with E-state index >= 15 is 0 Å². The highest BCUT2D eigenvalue weighted by molar-refractivity contribution is 6.04. The lowest BCUT2D eigenvalue weighted by molar-refractivity contribution is 0.101. The summed E-state index contributed by atoms with van der Waals surface area (Å²) in [6.45, 7) is 1.59. The molecule has 0 aliphatic rings. The maximum atomic E-state index is 11.8. The minimum Gasteiger partial charge on any atom is -0.294 e. The molecule has 1 heterocycles. The third kappa shape index (κ3) is 2.02. The molecule has 0 saturated carbocycles. The van der Waals surface area contributed by atoms with Crippen molar-refractivity contribution < 1.29 is 4.79 Å². The maximum absolute atomic E-state index is 11.8. The number of hydrogen-bond donors (Lipinski definition) is 0. The maximum Gasteiger partial charge on any atom is 0.160 e. The number of ketones is 1. The molecular formula is C17H13NO. The fourth-order valence-corrected chi connectivity index (χ4v) is 2.35. The van der Waals surface area contributed by atoms with Gasteiger partial charge in [-0.05, 0) is 18.6 Å². The SMILES string of the molecule is CC(=O)c1ccccc1-c1cccc2cccnc12. The highest BCUT2D eigenvalue weighted by Gasteiger charge is 2.11. The molecular weight excluding hydrogens is 234 g/mol. The minimum atomic E-state index is 0.0727. The van der Waals surface area contributed by atoms with Gasteiger partial charge < -0.3 is 0 Å². The summed E-state index contributed by atoms with van der Waals surface area (Å²) in [6, 6.07) is 17.7. The molecule has 0 fully saturated rings. The van der Waals surface area contributed by atoms with Crippen molar-refractivity contribution in [3.05, 3.63) is 66.4 Å². The first-order valence-electron chi connectivity index (χ1n) is 6.21. The number of nitrogens with zero attached hydrogens (tertiary/aromatic N) is 1. The van der Waals surface area contributed by atoms with E-state index in [1.807, 2.05) is 54.6 Å². The van der Waals surface area contributed by atoms with Crippen molar-refractivity contribution in [3.8, 4) is 11.1 Å². The van der Waals surface area contributed by atoms with E-state index in [2.05, 4.69) is 4.98 Å². The fraction of sp³-hybridized carbons (Fsp3) is 0.0588. The van der Waals surface area contributed by atoms with Crippen LogP contribution in [0.4, 0.5) is 0 Å². The third-order valence-corrected chi connectivity index (χ3v) is 3.23. The normalized spacial score (nSPS) is 10.6. The average molecular weight is 247 g/mol. The highest BCUT2D eigenvalue weighted by Crippen LogP contribution is 2.29. The van der Waals surface area contributed by atoms with Crippen LogP contribution in [0, 0.1) is 0 Å². The van der Waals surface area contributed by atoms with Crippen molar-refractivity contribution in [1.29, 1.82) is 0 Å². The number of fused-ring (bicyclic) bond motifs is 1. The molecule has 19 heavy (non-hydrogen) atoms. The van der Waals surface area contributed by atoms with Crippen LogP contribution in [0.25, 0.3) is 22.0 Å². The summed E-state index contributed by atoms with van der Waals surface area (Å²) in [4.78, 5) is 16.2. The summed E-state index contributed by atoms with van der Waals surface area (Å²) in [5, 5.41) is 1.08. The molecule has 0 radical (unpaired) electrons. The molecule has 2 nitrogen and oxygen atoms in total. The third-order valence-electron chi connectivity index (χ3n) is 3.23. The molecule has 0 N–H and O–H groups in total. The molecule has 1 aromatic heterocycles. The van der Waals surface area contributed by atoms with E-state index in [9.17, 15) is 4.79 Å². The van der Waals surface area contributed by atoms with Gasteiger partial charge in [-0.25, -0.2) is 0 Å². The van der Waals surface area contributed by atoms with Gasteiger partial charge in [-0.15, -0.1) is 0 Å². The van der Waals surface area contributed by atoms with Gasteiger partial charge in [0.15, 0.2) is 5.78 Å². The molecule has 2 aromatic carbocycles. The largest absolute Gasteiger partial charge is 0.294 e. The number of Topliss-reactive ketones (excluding diaryl/α,β-unsaturated/α-hetero) is 1. The number of para-hydroxylation sites is 1. The smallest absolute Gasteiger partial charge is 0.160 e. The summed E-state index contributed by atoms with van der Waals surface area (Å²) in [5.41, 5.74) is 3.61. The van der Waals surface area contributed by atoms with Crippen LogP contribution < -0.4 is 0 Å². The number of benzene rings is 2. The van der Waals surface area contributed by atoms with E-state index in [1.165, 1.54) is 0 Å². The molecule has 0 amide bonds. The predicted octanol–water partition coefficient (Wildman–Crippen LogP) is 4.10. The summed E-state index contributed by atoms with van der Waals surface area (Å²) < 4.78 is 0. The molecule has 0 bridgehead atoms. The zero-order valence-electron chi connectivity index (χ0n) is 10.6. The van der Waals surface area contributed by atoms with Crippen LogP contribution in [-0.4, -0.2) is 10.8 Å². The second kappa shape index (κ2) is 4.65. The standard InChI is InChI=1S/C17H13NO/c1-12(19)14-8-2-3-9-15(14)16-10-4-6-13-7-5-11-18-17(13)16/h2-11H,1H3. The Labute approximate surface area is 111 Å². The van der Waals surface area contributed by atoms with Crippen molar-refractivity contribution in [1.82, 2.24) is 4.98 Å². The van der Waals surface area contributed by atoms with E-state index < -0.39 is 0 Å². The van der Waals surface area contributed by atoms with Gasteiger partial charge in [0.2, 0.25) is 0 Å². The molecule has 0 aliphatic heterocycles. The van der Waals surface area contributed by atoms with Gasteiger partial charge in [-0.2, -0.15) is 0 Å². The molecule has 0 aliphatic carbocycles. The Kier molecular flexibility index (Phi) is 2.84. The topological polar surface area (TPSA) is 30.0 Å². The monoisotopic (exact) mass is 247 g/mol. The first kappa shape index (κ1) is 11.6. The van der Waals surface area contributed by atoms with Crippen LogP contribution in [0.3, 0.4) is 0 Å². The molecule has 0 unspecified atom stereocenters. The lowest BCUT2D eigenvalue weighted by Gasteiger charge is -2.09. The first-order valence-corrected chi connectivity index (χ1v) is 6.21. The summed E-state index contributed by atoms with van der Waals surface area (Å²) in [6.07, 6.45) is 1.78. The van der Waals surface area contributed by atoms with E-state index in [1.54, 1.807) is 13.1 Å². The van der Waals surface area contributed by atoms with Gasteiger partial charge >= 0.3 is 0 Å². The van der Waals surface area contributed by atoms with E-state index in [-0.39, 0.29) is 5.78 Å². The zero-order chi connectivity index (χ0) is 13.2. The Bertz CT molecular complexity index is 757. The molecule has 2 heteroatoms. The van der Waals surface area contributed by atoms with E-state index in [0.29, 0.717) is 0 Å². The van der Waals surface area contributed by atoms with Crippen LogP contribution in [-0.2, 0) is 0 Å². The lowest BCUT2D eigenvalue weighted by Crippen LogP contribution is -1.96. The fourth-order valence-electron chi connectivity index (χ4n) is 2.35. The van der Waals surface area contributed by atoms with Gasteiger partial charge in [0.05, 0.1) is 5.52 Å². The van der Waals surface area contributed by atoms with Crippen LogP contribution in [0.15, 0.2) is 60.8 Å². The number of rotatable bonds is 2. The summed E-state index contributed by atoms with van der Waals surface area (Å²) in [7, 11) is 0. The Balaban J connectivity index is 2.34. The second-order valence-electron chi connectivity index (χ2n) is 4.48. The van der Waals surface area contributed by atoms with E-state index in [4.69, 9.17) is 0 Å². The number of aromatic nitrogens is 1. The number of carbonyl (C=O) groups is 1. The molecule has 92 valence electrons. The predicted molar refractivity (Wildman–Crippen MR) is 77.2 cm³/mol. The summed E-state index contributed by atoms with van der Waals surface area (Å²) in [5.74, 6) is 0.0727. The molecule has 0 saturated heterocycles. The average Bonchev–Trinajstić information content (AvgIpc) is 2.46. The first-order chi connectivity index (χ1) is 9.27. The van der Waals surface area contributed by atoms with Gasteiger partial charge in [0.25, 0.3) is 0 Å². The molecule has 3 rings (SSSR count). The van der Waals surface area contributed by atoms with Crippen molar-refractivity contribution >= 4 is 16.7 Å². The Morgan fingerprint density at radius 3 is 2.47 bits per heavy atom. The Morgan fingerprint density at radius 2 is 1.63 bits per heavy atom. The van der Waals surface area contributed by atoms with Crippen LogP contribution >= 0.6 is 0 Å². The Hall–Kier alpha value is -2.48. The lowest BCUT2D eigenvalue weighted by atomic mass is 9.95. The van der Waals surface area contributed by atoms with Crippen molar-refractivity contribution in [2.45, 2.75) is 6.92 Å². The van der Waals surface area contributed by atoms with Crippen molar-refractivity contribution in [2.24, 2.45) is 0 Å². The number of carbonyl (C=O) groups excluding carboxylic acids is 1. The van der Waals surface area contributed by atoms with Crippen LogP contribution in [0.1, 0.15) is 17.3 Å². The highest BCUT2D eigenvalue weighted by atomic mass is 16.1. The van der Waals surface area contributed by atoms with E-state index in [0.717, 1.165) is 27.6 Å². The van der Waals surface area contributed by atoms with Gasteiger partial charge in [0, 0.05) is 22.7 Å². The zero-order valence-corrected chi connectivity index (χ0v) is 10.6. The number of pyridine rings is 1. The molecule has 0 spiro atoms. The Morgan fingerprint density at radius 1 is 0.895 bits per heavy atom. The van der Waals surface area contributed by atoms with Gasteiger partial charge in [-0.3, -0.25) is 9.78 Å². The minimum absolute atomic E-state index is 0.0727. The van der Waals surface area contributed by atoms with Crippen molar-refractivity contribution in [3.63, 3.8) is 0 Å². The molecule has 0 atom stereocenters. The van der Waals surface area contributed by atoms with Crippen molar-refractivity contribution in [2.75, 3.05) is 0 Å². The van der Waals surface area contributed by atoms with Crippen LogP contribution in [0.2, 0.25) is 0 Å². The van der Waals surface area contributed by atoms with Crippen LogP contribution in [0.5, 0.6) is 0 Å². The second-order valence-corrected chi connectivity index (χ2v) is 4.48. The number of hydrogen-bond acceptors (Lipinski definition) is 2. The molecule has 3 aromatic rings.